The lowest BCUT2D eigenvalue weighted by atomic mass is 9.90. The number of esters is 1. The zero-order valence-corrected chi connectivity index (χ0v) is 17.3. The van der Waals surface area contributed by atoms with Crippen LogP contribution in [-0.2, 0) is 19.1 Å². The van der Waals surface area contributed by atoms with Gasteiger partial charge in [0.25, 0.3) is 0 Å². The van der Waals surface area contributed by atoms with Crippen molar-refractivity contribution in [3.05, 3.63) is 23.8 Å². The molecule has 3 rings (SSSR count). The fourth-order valence-corrected chi connectivity index (χ4v) is 3.55. The van der Waals surface area contributed by atoms with E-state index in [9.17, 15) is 14.4 Å². The Labute approximate surface area is 174 Å². The lowest BCUT2D eigenvalue weighted by molar-refractivity contribution is -0.153. The summed E-state index contributed by atoms with van der Waals surface area (Å²) in [5.74, 6) is -0.873. The third-order valence-corrected chi connectivity index (χ3v) is 5.16. The minimum atomic E-state index is -1.15. The molecule has 0 aliphatic carbocycles. The summed E-state index contributed by atoms with van der Waals surface area (Å²) in [6.07, 6.45) is 0.806. The summed E-state index contributed by atoms with van der Waals surface area (Å²) in [5.41, 5.74) is 0.579. The number of rotatable bonds is 6. The first kappa shape index (κ1) is 21.4. The van der Waals surface area contributed by atoms with Crippen molar-refractivity contribution in [1.29, 1.82) is 0 Å². The van der Waals surface area contributed by atoms with E-state index in [0.717, 1.165) is 6.41 Å². The van der Waals surface area contributed by atoms with E-state index in [2.05, 4.69) is 5.32 Å². The first-order valence-corrected chi connectivity index (χ1v) is 9.73. The molecule has 2 heterocycles. The number of aliphatic imine (C=N–C) groups is 1. The van der Waals surface area contributed by atoms with Crippen LogP contribution in [-0.4, -0.2) is 81.1 Å². The van der Waals surface area contributed by atoms with Gasteiger partial charge in [-0.3, -0.25) is 19.7 Å². The molecule has 2 aliphatic heterocycles. The Balaban J connectivity index is 2.00. The Bertz CT molecular complexity index is 835. The number of carbonyl (C=O) groups is 3. The standard InChI is InChI=1S/C20H26N4O6/c1-4-30-19(27)16-17(14-6-5-13(28-2)11-15(14)29-3)21-20(22-18(16)26)24-9-7-23(12-25)8-10-24/h5-6,11-12,16-17H,4,7-10H2,1-3H3,(H,21,22,26). The van der Waals surface area contributed by atoms with Crippen LogP contribution in [0.1, 0.15) is 18.5 Å². The van der Waals surface area contributed by atoms with E-state index >= 15 is 0 Å². The molecule has 0 spiro atoms. The van der Waals surface area contributed by atoms with Gasteiger partial charge in [0.05, 0.1) is 20.8 Å². The highest BCUT2D eigenvalue weighted by atomic mass is 16.5. The second kappa shape index (κ2) is 9.47. The molecule has 162 valence electrons. The molecule has 1 fully saturated rings. The average Bonchev–Trinajstić information content (AvgIpc) is 2.78. The molecule has 2 atom stereocenters. The van der Waals surface area contributed by atoms with Crippen LogP contribution >= 0.6 is 0 Å². The smallest absolute Gasteiger partial charge is 0.321 e. The first-order chi connectivity index (χ1) is 14.5. The fourth-order valence-electron chi connectivity index (χ4n) is 3.55. The minimum absolute atomic E-state index is 0.152. The molecule has 2 amide bonds. The predicted molar refractivity (Wildman–Crippen MR) is 107 cm³/mol. The molecule has 30 heavy (non-hydrogen) atoms. The van der Waals surface area contributed by atoms with E-state index < -0.39 is 23.8 Å². The normalized spacial score (nSPS) is 21.4. The number of nitrogens with one attached hydrogen (secondary N) is 1. The molecule has 0 radical (unpaired) electrons. The Morgan fingerprint density at radius 1 is 1.23 bits per heavy atom. The van der Waals surface area contributed by atoms with Gasteiger partial charge in [-0.1, -0.05) is 0 Å². The van der Waals surface area contributed by atoms with Gasteiger partial charge in [-0.05, 0) is 19.1 Å². The van der Waals surface area contributed by atoms with Gasteiger partial charge < -0.3 is 24.0 Å². The van der Waals surface area contributed by atoms with Crippen LogP contribution in [0.5, 0.6) is 11.5 Å². The number of guanidine groups is 1. The zero-order valence-electron chi connectivity index (χ0n) is 17.3. The number of hydrogen-bond acceptors (Lipinski definition) is 8. The molecule has 10 heteroatoms. The van der Waals surface area contributed by atoms with Crippen LogP contribution in [0.25, 0.3) is 0 Å². The molecule has 2 aliphatic rings. The van der Waals surface area contributed by atoms with Gasteiger partial charge in [-0.15, -0.1) is 0 Å². The van der Waals surface area contributed by atoms with Crippen molar-refractivity contribution in [3.8, 4) is 11.5 Å². The number of benzene rings is 1. The molecule has 0 saturated carbocycles. The van der Waals surface area contributed by atoms with Crippen molar-refractivity contribution in [2.75, 3.05) is 47.0 Å². The molecular formula is C20H26N4O6. The Kier molecular flexibility index (Phi) is 6.76. The lowest BCUT2D eigenvalue weighted by Crippen LogP contribution is -2.57. The summed E-state index contributed by atoms with van der Waals surface area (Å²) in [5, 5.41) is 2.73. The third kappa shape index (κ3) is 4.32. The SMILES string of the molecule is CCOC(=O)C1C(=O)NC(N2CCN(C=O)CC2)=NC1c1ccc(OC)cc1OC. The molecule has 1 saturated heterocycles. The van der Waals surface area contributed by atoms with Crippen LogP contribution in [0.4, 0.5) is 0 Å². The molecule has 1 aromatic rings. The van der Waals surface area contributed by atoms with Crippen LogP contribution in [0.3, 0.4) is 0 Å². The van der Waals surface area contributed by atoms with Crippen molar-refractivity contribution < 1.29 is 28.6 Å². The highest BCUT2D eigenvalue weighted by Crippen LogP contribution is 2.38. The topological polar surface area (TPSA) is 110 Å². The summed E-state index contributed by atoms with van der Waals surface area (Å²) < 4.78 is 15.9. The molecule has 2 unspecified atom stereocenters. The van der Waals surface area contributed by atoms with Crippen molar-refractivity contribution in [1.82, 2.24) is 15.1 Å². The second-order valence-electron chi connectivity index (χ2n) is 6.85. The van der Waals surface area contributed by atoms with E-state index in [1.807, 2.05) is 4.90 Å². The van der Waals surface area contributed by atoms with E-state index in [-0.39, 0.29) is 6.61 Å². The Morgan fingerprint density at radius 3 is 2.57 bits per heavy atom. The van der Waals surface area contributed by atoms with Gasteiger partial charge in [0.1, 0.15) is 17.5 Å². The summed E-state index contributed by atoms with van der Waals surface area (Å²) in [6, 6.07) is 4.32. The monoisotopic (exact) mass is 418 g/mol. The average molecular weight is 418 g/mol. The van der Waals surface area contributed by atoms with E-state index in [1.54, 1.807) is 37.1 Å². The van der Waals surface area contributed by atoms with Crippen molar-refractivity contribution in [3.63, 3.8) is 0 Å². The lowest BCUT2D eigenvalue weighted by Gasteiger charge is -2.37. The van der Waals surface area contributed by atoms with Gasteiger partial charge >= 0.3 is 5.97 Å². The van der Waals surface area contributed by atoms with Crippen LogP contribution in [0.2, 0.25) is 0 Å². The van der Waals surface area contributed by atoms with Crippen molar-refractivity contribution in [2.45, 2.75) is 13.0 Å². The second-order valence-corrected chi connectivity index (χ2v) is 6.85. The van der Waals surface area contributed by atoms with Crippen LogP contribution in [0, 0.1) is 5.92 Å². The van der Waals surface area contributed by atoms with E-state index in [4.69, 9.17) is 19.2 Å². The molecule has 0 bridgehead atoms. The number of ether oxygens (including phenoxy) is 3. The minimum Gasteiger partial charge on any atom is -0.497 e. The van der Waals surface area contributed by atoms with Gasteiger partial charge in [0, 0.05) is 37.8 Å². The maximum atomic E-state index is 12.9. The van der Waals surface area contributed by atoms with E-state index in [1.165, 1.54) is 7.11 Å². The fraction of sp³-hybridized carbons (Fsp3) is 0.500. The zero-order chi connectivity index (χ0) is 21.7. The number of amides is 2. The maximum Gasteiger partial charge on any atom is 0.321 e. The molecular weight excluding hydrogens is 392 g/mol. The molecule has 0 aromatic heterocycles. The number of carbonyl (C=O) groups excluding carboxylic acids is 3. The third-order valence-electron chi connectivity index (χ3n) is 5.16. The van der Waals surface area contributed by atoms with Gasteiger partial charge in [-0.2, -0.15) is 0 Å². The molecule has 1 aromatic carbocycles. The number of piperazine rings is 1. The highest BCUT2D eigenvalue weighted by Gasteiger charge is 2.43. The van der Waals surface area contributed by atoms with Crippen LogP contribution in [0.15, 0.2) is 23.2 Å². The molecule has 1 N–H and O–H groups in total. The highest BCUT2D eigenvalue weighted by molar-refractivity contribution is 6.08. The predicted octanol–water partition coefficient (Wildman–Crippen LogP) is 0.184. The summed E-state index contributed by atoms with van der Waals surface area (Å²) in [7, 11) is 3.04. The largest absolute Gasteiger partial charge is 0.497 e. The number of nitrogens with zero attached hydrogens (tertiary/aromatic N) is 3. The van der Waals surface area contributed by atoms with Crippen LogP contribution < -0.4 is 14.8 Å². The number of hydrogen-bond donors (Lipinski definition) is 1. The maximum absolute atomic E-state index is 12.9. The summed E-state index contributed by atoms with van der Waals surface area (Å²) in [6.45, 7) is 3.93. The Hall–Kier alpha value is -3.30. The first-order valence-electron chi connectivity index (χ1n) is 9.73. The van der Waals surface area contributed by atoms with Crippen molar-refractivity contribution in [2.24, 2.45) is 10.9 Å². The van der Waals surface area contributed by atoms with Gasteiger partial charge in [0.2, 0.25) is 18.3 Å². The summed E-state index contributed by atoms with van der Waals surface area (Å²) >= 11 is 0. The van der Waals surface area contributed by atoms with Crippen molar-refractivity contribution >= 4 is 24.2 Å². The molecule has 10 nitrogen and oxygen atoms in total. The van der Waals surface area contributed by atoms with E-state index in [0.29, 0.717) is 49.2 Å². The quantitative estimate of drug-likeness (QED) is 0.399. The summed E-state index contributed by atoms with van der Waals surface area (Å²) in [4.78, 5) is 44.8. The van der Waals surface area contributed by atoms with Gasteiger partial charge in [-0.25, -0.2) is 4.99 Å². The van der Waals surface area contributed by atoms with Gasteiger partial charge in [0.15, 0.2) is 5.92 Å². The number of methoxy groups -OCH3 is 2. The Morgan fingerprint density at radius 2 is 1.97 bits per heavy atom.